The number of aryl methyl sites for hydroxylation is 1. The first-order valence-electron chi connectivity index (χ1n) is 10.1. The van der Waals surface area contributed by atoms with Crippen LogP contribution in [0.2, 0.25) is 0 Å². The van der Waals surface area contributed by atoms with E-state index in [1.165, 1.54) is 31.4 Å². The number of sulfonamides is 1. The number of nitrogens with one attached hydrogen (secondary N) is 2. The van der Waals surface area contributed by atoms with Gasteiger partial charge in [0.15, 0.2) is 6.10 Å². The first-order chi connectivity index (χ1) is 15.3. The summed E-state index contributed by atoms with van der Waals surface area (Å²) in [5.41, 5.74) is 1.91. The van der Waals surface area contributed by atoms with E-state index in [9.17, 15) is 13.2 Å². The van der Waals surface area contributed by atoms with Crippen LogP contribution in [0, 0.1) is 0 Å². The van der Waals surface area contributed by atoms with Crippen molar-refractivity contribution in [2.45, 2.75) is 31.3 Å². The van der Waals surface area contributed by atoms with Gasteiger partial charge in [0.05, 0.1) is 12.0 Å². The van der Waals surface area contributed by atoms with Gasteiger partial charge in [0.2, 0.25) is 0 Å². The fourth-order valence-electron chi connectivity index (χ4n) is 2.99. The van der Waals surface area contributed by atoms with Crippen molar-refractivity contribution < 1.29 is 22.7 Å². The number of para-hydroxylation sites is 1. The molecule has 168 valence electrons. The van der Waals surface area contributed by atoms with Crippen molar-refractivity contribution in [3.8, 4) is 11.5 Å². The van der Waals surface area contributed by atoms with E-state index < -0.39 is 16.1 Å². The van der Waals surface area contributed by atoms with Crippen molar-refractivity contribution in [3.05, 3.63) is 78.4 Å². The molecular formula is C24H26N2O5S. The van der Waals surface area contributed by atoms with Gasteiger partial charge in [-0.2, -0.15) is 0 Å². The van der Waals surface area contributed by atoms with Gasteiger partial charge in [-0.3, -0.25) is 9.52 Å². The Labute approximate surface area is 188 Å². The highest BCUT2D eigenvalue weighted by Crippen LogP contribution is 2.22. The summed E-state index contributed by atoms with van der Waals surface area (Å²) < 4.78 is 38.6. The summed E-state index contributed by atoms with van der Waals surface area (Å²) in [5, 5.41) is 2.75. The zero-order chi connectivity index (χ0) is 23.1. The van der Waals surface area contributed by atoms with Crippen molar-refractivity contribution in [2.24, 2.45) is 0 Å². The Morgan fingerprint density at radius 3 is 2.19 bits per heavy atom. The van der Waals surface area contributed by atoms with Crippen LogP contribution in [0.4, 0.5) is 11.4 Å². The van der Waals surface area contributed by atoms with E-state index in [4.69, 9.17) is 9.47 Å². The lowest BCUT2D eigenvalue weighted by atomic mass is 10.1. The molecule has 0 aliphatic carbocycles. The highest BCUT2D eigenvalue weighted by Gasteiger charge is 2.18. The number of ether oxygens (including phenoxy) is 2. The fraction of sp³-hybridized carbons (Fsp3) is 0.208. The summed E-state index contributed by atoms with van der Waals surface area (Å²) in [7, 11) is -2.23. The average Bonchev–Trinajstić information content (AvgIpc) is 2.80. The molecule has 1 atom stereocenters. The van der Waals surface area contributed by atoms with Crippen molar-refractivity contribution in [3.63, 3.8) is 0 Å². The lowest BCUT2D eigenvalue weighted by molar-refractivity contribution is -0.122. The molecule has 1 amide bonds. The Hall–Kier alpha value is -3.52. The Bertz CT molecular complexity index is 1160. The standard InChI is InChI=1S/C24H26N2O5S/c1-4-18-7-5-6-8-23(18)31-17(2)24(27)25-19-11-15-22(16-12-19)32(28,29)26-20-9-13-21(30-3)14-10-20/h5-17,26H,4H2,1-3H3,(H,25,27). The molecule has 8 heteroatoms. The normalized spacial score (nSPS) is 12.0. The molecule has 1 unspecified atom stereocenters. The number of methoxy groups -OCH3 is 1. The molecule has 3 rings (SSSR count). The van der Waals surface area contributed by atoms with Crippen LogP contribution < -0.4 is 19.5 Å². The van der Waals surface area contributed by atoms with Gasteiger partial charge in [-0.15, -0.1) is 0 Å². The minimum absolute atomic E-state index is 0.0764. The molecule has 0 saturated carbocycles. The van der Waals surface area contributed by atoms with Crippen LogP contribution in [0.3, 0.4) is 0 Å². The van der Waals surface area contributed by atoms with Gasteiger partial charge in [0.1, 0.15) is 11.5 Å². The molecule has 32 heavy (non-hydrogen) atoms. The average molecular weight is 455 g/mol. The molecule has 3 aromatic carbocycles. The van der Waals surface area contributed by atoms with Gasteiger partial charge >= 0.3 is 0 Å². The Morgan fingerprint density at radius 2 is 1.56 bits per heavy atom. The number of hydrogen-bond acceptors (Lipinski definition) is 5. The van der Waals surface area contributed by atoms with E-state index in [-0.39, 0.29) is 10.8 Å². The van der Waals surface area contributed by atoms with Crippen LogP contribution in [-0.4, -0.2) is 27.5 Å². The third-order valence-corrected chi connectivity index (χ3v) is 6.20. The van der Waals surface area contributed by atoms with Crippen LogP contribution in [0.25, 0.3) is 0 Å². The lowest BCUT2D eigenvalue weighted by Crippen LogP contribution is -2.30. The summed E-state index contributed by atoms with van der Waals surface area (Å²) in [6.07, 6.45) is 0.0771. The van der Waals surface area contributed by atoms with Crippen molar-refractivity contribution in [1.82, 2.24) is 0 Å². The maximum atomic E-state index is 12.6. The summed E-state index contributed by atoms with van der Waals surface area (Å²) in [5.74, 6) is 0.969. The number of hydrogen-bond donors (Lipinski definition) is 2. The smallest absolute Gasteiger partial charge is 0.265 e. The zero-order valence-corrected chi connectivity index (χ0v) is 19.0. The van der Waals surface area contributed by atoms with Crippen LogP contribution in [0.15, 0.2) is 77.7 Å². The SMILES string of the molecule is CCc1ccccc1OC(C)C(=O)Nc1ccc(S(=O)(=O)Nc2ccc(OC)cc2)cc1. The third kappa shape index (κ3) is 5.79. The van der Waals surface area contributed by atoms with E-state index in [1.54, 1.807) is 31.2 Å². The maximum absolute atomic E-state index is 12.6. The number of anilines is 2. The van der Waals surface area contributed by atoms with E-state index in [0.29, 0.717) is 22.9 Å². The molecule has 0 bridgehead atoms. The first-order valence-corrected chi connectivity index (χ1v) is 11.6. The van der Waals surface area contributed by atoms with Gasteiger partial charge in [-0.1, -0.05) is 25.1 Å². The predicted octanol–water partition coefficient (Wildman–Crippen LogP) is 4.46. The highest BCUT2D eigenvalue weighted by molar-refractivity contribution is 7.92. The number of benzene rings is 3. The molecule has 0 spiro atoms. The maximum Gasteiger partial charge on any atom is 0.265 e. The second-order valence-corrected chi connectivity index (χ2v) is 8.75. The van der Waals surface area contributed by atoms with E-state index in [0.717, 1.165) is 12.0 Å². The van der Waals surface area contributed by atoms with Crippen LogP contribution >= 0.6 is 0 Å². The molecule has 0 aliphatic heterocycles. The summed E-state index contributed by atoms with van der Waals surface area (Å²) in [6.45, 7) is 3.69. The molecule has 0 heterocycles. The third-order valence-electron chi connectivity index (χ3n) is 4.80. The summed E-state index contributed by atoms with van der Waals surface area (Å²) in [6, 6.07) is 20.1. The Balaban J connectivity index is 1.63. The number of carbonyl (C=O) groups excluding carboxylic acids is 1. The molecule has 0 radical (unpaired) electrons. The Kier molecular flexibility index (Phi) is 7.37. The number of carbonyl (C=O) groups is 1. The quantitative estimate of drug-likeness (QED) is 0.498. The monoisotopic (exact) mass is 454 g/mol. The van der Waals surface area contributed by atoms with Crippen LogP contribution in [0.1, 0.15) is 19.4 Å². The second kappa shape index (κ2) is 10.2. The van der Waals surface area contributed by atoms with Crippen molar-refractivity contribution in [1.29, 1.82) is 0 Å². The lowest BCUT2D eigenvalue weighted by Gasteiger charge is -2.17. The molecule has 0 fully saturated rings. The molecule has 2 N–H and O–H groups in total. The van der Waals surface area contributed by atoms with Crippen LogP contribution in [0.5, 0.6) is 11.5 Å². The van der Waals surface area contributed by atoms with Crippen molar-refractivity contribution >= 4 is 27.3 Å². The van der Waals surface area contributed by atoms with Gasteiger partial charge < -0.3 is 14.8 Å². The molecule has 0 saturated heterocycles. The molecule has 3 aromatic rings. The topological polar surface area (TPSA) is 93.7 Å². The molecule has 0 aliphatic rings. The van der Waals surface area contributed by atoms with Gasteiger partial charge in [-0.05, 0) is 73.5 Å². The zero-order valence-electron chi connectivity index (χ0n) is 18.2. The Morgan fingerprint density at radius 1 is 0.938 bits per heavy atom. The van der Waals surface area contributed by atoms with Gasteiger partial charge in [0, 0.05) is 11.4 Å². The number of rotatable bonds is 9. The highest BCUT2D eigenvalue weighted by atomic mass is 32.2. The van der Waals surface area contributed by atoms with E-state index in [2.05, 4.69) is 10.0 Å². The summed E-state index contributed by atoms with van der Waals surface area (Å²) >= 11 is 0. The second-order valence-electron chi connectivity index (χ2n) is 7.07. The fourth-order valence-corrected chi connectivity index (χ4v) is 4.05. The number of amides is 1. The predicted molar refractivity (Wildman–Crippen MR) is 125 cm³/mol. The van der Waals surface area contributed by atoms with Crippen molar-refractivity contribution in [2.75, 3.05) is 17.1 Å². The largest absolute Gasteiger partial charge is 0.497 e. The van der Waals surface area contributed by atoms with E-state index >= 15 is 0 Å². The minimum Gasteiger partial charge on any atom is -0.497 e. The molecular weight excluding hydrogens is 428 g/mol. The van der Waals surface area contributed by atoms with E-state index in [1.807, 2.05) is 31.2 Å². The minimum atomic E-state index is -3.77. The molecule has 7 nitrogen and oxygen atoms in total. The summed E-state index contributed by atoms with van der Waals surface area (Å²) in [4.78, 5) is 12.6. The van der Waals surface area contributed by atoms with Gasteiger partial charge in [0.25, 0.3) is 15.9 Å². The molecule has 0 aromatic heterocycles. The van der Waals surface area contributed by atoms with Gasteiger partial charge in [-0.25, -0.2) is 8.42 Å². The first kappa shape index (κ1) is 23.1. The van der Waals surface area contributed by atoms with Crippen LogP contribution in [-0.2, 0) is 21.2 Å².